The molecule has 8 nitrogen and oxygen atoms in total. The standard InChI is InChI=1S/C32H41N3O5S/c1-23(2)18-20-35(41(38,39)26-16-14-24(33)15-17-26)25(21-36)9-7-8-19-34-32(37)40-22-31-29-12-5-3-10-27(29)28-11-4-6-13-30(28)31/h3-6,10-17,23,25,31,36H,7-9,18-22,33H2,1-2H3,(H,34,37). The van der Waals surface area contributed by atoms with Crippen LogP contribution in [0.1, 0.15) is 56.6 Å². The third kappa shape index (κ3) is 7.47. The lowest BCUT2D eigenvalue weighted by atomic mass is 9.98. The summed E-state index contributed by atoms with van der Waals surface area (Å²) >= 11 is 0. The normalized spacial score (nSPS) is 13.7. The number of aliphatic hydroxyl groups excluding tert-OH is 1. The Morgan fingerprint density at radius 2 is 1.56 bits per heavy atom. The van der Waals surface area contributed by atoms with E-state index in [1.54, 1.807) is 12.1 Å². The number of carbonyl (C=O) groups is 1. The number of nitrogen functional groups attached to an aromatic ring is 1. The molecule has 3 aromatic carbocycles. The van der Waals surface area contributed by atoms with Crippen molar-refractivity contribution in [2.75, 3.05) is 32.0 Å². The largest absolute Gasteiger partial charge is 0.449 e. The number of benzene rings is 3. The molecule has 0 aliphatic heterocycles. The van der Waals surface area contributed by atoms with Gasteiger partial charge < -0.3 is 20.9 Å². The third-order valence-corrected chi connectivity index (χ3v) is 9.57. The van der Waals surface area contributed by atoms with Gasteiger partial charge in [0.1, 0.15) is 6.61 Å². The lowest BCUT2D eigenvalue weighted by molar-refractivity contribution is 0.142. The highest BCUT2D eigenvalue weighted by Gasteiger charge is 2.31. The van der Waals surface area contributed by atoms with Gasteiger partial charge in [0.05, 0.1) is 11.5 Å². The highest BCUT2D eigenvalue weighted by Crippen LogP contribution is 2.44. The van der Waals surface area contributed by atoms with E-state index in [9.17, 15) is 18.3 Å². The fourth-order valence-electron chi connectivity index (χ4n) is 5.33. The van der Waals surface area contributed by atoms with Gasteiger partial charge in [-0.1, -0.05) is 68.8 Å². The molecule has 0 heterocycles. The molecule has 1 atom stereocenters. The summed E-state index contributed by atoms with van der Waals surface area (Å²) in [6, 6.07) is 22.0. The first-order valence-corrected chi connectivity index (χ1v) is 15.7. The molecule has 4 N–H and O–H groups in total. The fraction of sp³-hybridized carbons (Fsp3) is 0.406. The van der Waals surface area contributed by atoms with Gasteiger partial charge in [0, 0.05) is 30.7 Å². The van der Waals surface area contributed by atoms with Gasteiger partial charge in [-0.05, 0) is 71.7 Å². The van der Waals surface area contributed by atoms with Crippen molar-refractivity contribution in [3.05, 3.63) is 83.9 Å². The fourth-order valence-corrected chi connectivity index (χ4v) is 6.99. The maximum Gasteiger partial charge on any atom is 0.407 e. The Balaban J connectivity index is 1.27. The van der Waals surface area contributed by atoms with Crippen LogP contribution >= 0.6 is 0 Å². The first-order chi connectivity index (χ1) is 19.7. The SMILES string of the molecule is CC(C)CCN(C(CO)CCCCNC(=O)OCC1c2ccccc2-c2ccccc21)S(=O)(=O)c1ccc(N)cc1. The number of alkyl carbamates (subject to hydrolysis) is 1. The quantitative estimate of drug-likeness (QED) is 0.174. The second-order valence-electron chi connectivity index (χ2n) is 11.0. The summed E-state index contributed by atoms with van der Waals surface area (Å²) in [5.74, 6) is 0.304. The number of ether oxygens (including phenoxy) is 1. The molecule has 0 saturated heterocycles. The number of amides is 1. The van der Waals surface area contributed by atoms with Crippen LogP contribution in [0.15, 0.2) is 77.7 Å². The number of aliphatic hydroxyl groups is 1. The van der Waals surface area contributed by atoms with Crippen LogP contribution in [0.2, 0.25) is 0 Å². The van der Waals surface area contributed by atoms with Crippen molar-refractivity contribution in [2.24, 2.45) is 5.92 Å². The monoisotopic (exact) mass is 579 g/mol. The summed E-state index contributed by atoms with van der Waals surface area (Å²) in [4.78, 5) is 12.6. The van der Waals surface area contributed by atoms with Crippen LogP contribution in [0.25, 0.3) is 11.1 Å². The molecule has 1 amide bonds. The van der Waals surface area contributed by atoms with Crippen molar-refractivity contribution in [1.29, 1.82) is 0 Å². The molecular weight excluding hydrogens is 538 g/mol. The number of nitrogens with zero attached hydrogens (tertiary/aromatic N) is 1. The number of sulfonamides is 1. The number of nitrogens with one attached hydrogen (secondary N) is 1. The van der Waals surface area contributed by atoms with Crippen molar-refractivity contribution in [1.82, 2.24) is 9.62 Å². The Morgan fingerprint density at radius 3 is 2.15 bits per heavy atom. The van der Waals surface area contributed by atoms with Crippen molar-refractivity contribution in [3.63, 3.8) is 0 Å². The van der Waals surface area contributed by atoms with Gasteiger partial charge in [-0.3, -0.25) is 0 Å². The molecule has 0 fully saturated rings. The van der Waals surface area contributed by atoms with Crippen molar-refractivity contribution in [2.45, 2.75) is 56.4 Å². The molecule has 41 heavy (non-hydrogen) atoms. The van der Waals surface area contributed by atoms with Crippen LogP contribution in [-0.4, -0.2) is 56.3 Å². The number of rotatable bonds is 14. The van der Waals surface area contributed by atoms with E-state index in [0.29, 0.717) is 50.4 Å². The van der Waals surface area contributed by atoms with Crippen molar-refractivity contribution < 1.29 is 23.1 Å². The Labute approximate surface area is 243 Å². The minimum atomic E-state index is -3.81. The van der Waals surface area contributed by atoms with E-state index in [-0.39, 0.29) is 24.0 Å². The van der Waals surface area contributed by atoms with Crippen LogP contribution in [0.3, 0.4) is 0 Å². The van der Waals surface area contributed by atoms with Crippen LogP contribution in [0, 0.1) is 5.92 Å². The maximum atomic E-state index is 13.5. The molecule has 4 rings (SSSR count). The molecule has 0 spiro atoms. The second kappa shape index (κ2) is 14.0. The average Bonchev–Trinajstić information content (AvgIpc) is 3.28. The highest BCUT2D eigenvalue weighted by molar-refractivity contribution is 7.89. The Bertz CT molecular complexity index is 1360. The molecule has 1 aliphatic rings. The van der Waals surface area contributed by atoms with E-state index in [1.165, 1.54) is 27.6 Å². The molecular formula is C32H41N3O5S. The lowest BCUT2D eigenvalue weighted by Crippen LogP contribution is -2.43. The molecule has 1 aliphatic carbocycles. The topological polar surface area (TPSA) is 122 Å². The summed E-state index contributed by atoms with van der Waals surface area (Å²) < 4.78 is 34.0. The van der Waals surface area contributed by atoms with E-state index in [1.807, 2.05) is 38.1 Å². The summed E-state index contributed by atoms with van der Waals surface area (Å²) in [5.41, 5.74) is 10.9. The first-order valence-electron chi connectivity index (χ1n) is 14.3. The zero-order chi connectivity index (χ0) is 29.4. The highest BCUT2D eigenvalue weighted by atomic mass is 32.2. The number of carbonyl (C=O) groups excluding carboxylic acids is 1. The van der Waals surface area contributed by atoms with E-state index in [0.717, 1.165) is 11.1 Å². The average molecular weight is 580 g/mol. The number of anilines is 1. The number of fused-ring (bicyclic) bond motifs is 3. The Kier molecular flexibility index (Phi) is 10.4. The smallest absolute Gasteiger partial charge is 0.407 e. The predicted molar refractivity (Wildman–Crippen MR) is 162 cm³/mol. The van der Waals surface area contributed by atoms with Crippen molar-refractivity contribution in [3.8, 4) is 11.1 Å². The lowest BCUT2D eigenvalue weighted by Gasteiger charge is -2.30. The zero-order valence-corrected chi connectivity index (χ0v) is 24.6. The molecule has 0 bridgehead atoms. The van der Waals surface area contributed by atoms with Crippen molar-refractivity contribution >= 4 is 21.8 Å². The van der Waals surface area contributed by atoms with E-state index in [4.69, 9.17) is 10.5 Å². The van der Waals surface area contributed by atoms with Gasteiger partial charge in [-0.2, -0.15) is 4.31 Å². The molecule has 3 aromatic rings. The number of nitrogens with two attached hydrogens (primary N) is 1. The summed E-state index contributed by atoms with van der Waals surface area (Å²) in [5, 5.41) is 13.0. The minimum Gasteiger partial charge on any atom is -0.449 e. The summed E-state index contributed by atoms with van der Waals surface area (Å²) in [6.45, 7) is 4.75. The van der Waals surface area contributed by atoms with E-state index in [2.05, 4.69) is 29.6 Å². The van der Waals surface area contributed by atoms with Crippen LogP contribution in [-0.2, 0) is 14.8 Å². The number of unbranched alkanes of at least 4 members (excludes halogenated alkanes) is 1. The Hall–Kier alpha value is -3.40. The van der Waals surface area contributed by atoms with Gasteiger partial charge in [0.15, 0.2) is 0 Å². The van der Waals surface area contributed by atoms with Gasteiger partial charge in [-0.25, -0.2) is 13.2 Å². The molecule has 220 valence electrons. The van der Waals surface area contributed by atoms with E-state index < -0.39 is 22.2 Å². The second-order valence-corrected chi connectivity index (χ2v) is 12.8. The van der Waals surface area contributed by atoms with Gasteiger partial charge >= 0.3 is 6.09 Å². The molecule has 0 radical (unpaired) electrons. The Morgan fingerprint density at radius 1 is 0.951 bits per heavy atom. The minimum absolute atomic E-state index is 0.00158. The molecule has 9 heteroatoms. The summed E-state index contributed by atoms with van der Waals surface area (Å²) in [6.07, 6.45) is 1.92. The van der Waals surface area contributed by atoms with Crippen LogP contribution in [0.5, 0.6) is 0 Å². The van der Waals surface area contributed by atoms with Crippen LogP contribution < -0.4 is 11.1 Å². The predicted octanol–water partition coefficient (Wildman–Crippen LogP) is 5.38. The van der Waals surface area contributed by atoms with Gasteiger partial charge in [0.25, 0.3) is 0 Å². The van der Waals surface area contributed by atoms with Gasteiger partial charge in [0.2, 0.25) is 10.0 Å². The zero-order valence-electron chi connectivity index (χ0n) is 23.8. The molecule has 1 unspecified atom stereocenters. The summed E-state index contributed by atoms with van der Waals surface area (Å²) in [7, 11) is -3.81. The molecule has 0 aromatic heterocycles. The molecule has 0 saturated carbocycles. The first kappa shape index (κ1) is 30.6. The van der Waals surface area contributed by atoms with E-state index >= 15 is 0 Å². The van der Waals surface area contributed by atoms with Gasteiger partial charge in [-0.15, -0.1) is 0 Å². The number of hydrogen-bond acceptors (Lipinski definition) is 6. The number of hydrogen-bond donors (Lipinski definition) is 3. The maximum absolute atomic E-state index is 13.5. The third-order valence-electron chi connectivity index (χ3n) is 7.61. The van der Waals surface area contributed by atoms with Crippen LogP contribution in [0.4, 0.5) is 10.5 Å².